The lowest BCUT2D eigenvalue weighted by Crippen LogP contribution is -2.45. The Morgan fingerprint density at radius 3 is 2.86 bits per heavy atom. The van der Waals surface area contributed by atoms with E-state index in [1.54, 1.807) is 6.08 Å². The molecule has 2 heteroatoms. The summed E-state index contributed by atoms with van der Waals surface area (Å²) in [6, 6.07) is 0.562. The molecule has 2 rings (SSSR count). The highest BCUT2D eigenvalue weighted by molar-refractivity contribution is 5.87. The summed E-state index contributed by atoms with van der Waals surface area (Å²) in [5.74, 6) is 1.03. The summed E-state index contributed by atoms with van der Waals surface area (Å²) in [5.41, 5.74) is 0. The number of allylic oxidation sites excluding steroid dienone is 1. The molecule has 1 saturated carbocycles. The molecule has 0 bridgehead atoms. The minimum atomic E-state index is 0.226. The molecular formula is C12H19NO. The van der Waals surface area contributed by atoms with E-state index in [9.17, 15) is 4.79 Å². The summed E-state index contributed by atoms with van der Waals surface area (Å²) >= 11 is 0. The van der Waals surface area contributed by atoms with Crippen LogP contribution in [0.5, 0.6) is 0 Å². The van der Waals surface area contributed by atoms with E-state index in [1.807, 2.05) is 13.0 Å². The van der Waals surface area contributed by atoms with Gasteiger partial charge in [0.1, 0.15) is 0 Å². The van der Waals surface area contributed by atoms with Crippen molar-refractivity contribution >= 4 is 5.91 Å². The minimum Gasteiger partial charge on any atom is -0.336 e. The Hall–Kier alpha value is -0.790. The number of hydrogen-bond donors (Lipinski definition) is 0. The van der Waals surface area contributed by atoms with Crippen molar-refractivity contribution in [1.29, 1.82) is 0 Å². The van der Waals surface area contributed by atoms with Crippen LogP contribution in [0.2, 0.25) is 0 Å². The Morgan fingerprint density at radius 1 is 1.29 bits per heavy atom. The van der Waals surface area contributed by atoms with Crippen LogP contribution in [-0.4, -0.2) is 23.4 Å². The van der Waals surface area contributed by atoms with Gasteiger partial charge in [-0.25, -0.2) is 0 Å². The summed E-state index contributed by atoms with van der Waals surface area (Å²) in [6.45, 7) is 2.89. The van der Waals surface area contributed by atoms with Gasteiger partial charge in [-0.05, 0) is 44.6 Å². The fourth-order valence-electron chi connectivity index (χ4n) is 2.97. The predicted molar refractivity (Wildman–Crippen MR) is 56.9 cm³/mol. The van der Waals surface area contributed by atoms with E-state index < -0.39 is 0 Å². The van der Waals surface area contributed by atoms with Gasteiger partial charge in [-0.1, -0.05) is 12.5 Å². The van der Waals surface area contributed by atoms with E-state index in [0.29, 0.717) is 6.04 Å². The maximum atomic E-state index is 11.8. The Kier molecular flexibility index (Phi) is 2.90. The summed E-state index contributed by atoms with van der Waals surface area (Å²) in [6.07, 6.45) is 9.98. The van der Waals surface area contributed by atoms with Crippen LogP contribution in [0.3, 0.4) is 0 Å². The predicted octanol–water partition coefficient (Wildman–Crippen LogP) is 2.35. The number of rotatable bonds is 1. The van der Waals surface area contributed by atoms with Crippen molar-refractivity contribution in [2.24, 2.45) is 5.92 Å². The Labute approximate surface area is 86.0 Å². The smallest absolute Gasteiger partial charge is 0.246 e. The molecule has 0 spiro atoms. The second kappa shape index (κ2) is 4.16. The number of carbonyl (C=O) groups excluding carboxylic acids is 1. The Balaban J connectivity index is 2.06. The molecule has 0 aromatic heterocycles. The molecule has 1 aliphatic heterocycles. The molecule has 0 aromatic carbocycles. The van der Waals surface area contributed by atoms with Crippen molar-refractivity contribution in [3.8, 4) is 0 Å². The number of piperidine rings is 1. The Morgan fingerprint density at radius 2 is 2.07 bits per heavy atom. The second-order valence-electron chi connectivity index (χ2n) is 4.43. The molecule has 1 amide bonds. The summed E-state index contributed by atoms with van der Waals surface area (Å²) in [4.78, 5) is 13.9. The molecule has 2 fully saturated rings. The monoisotopic (exact) mass is 193 g/mol. The van der Waals surface area contributed by atoms with Crippen LogP contribution in [0.1, 0.15) is 39.0 Å². The lowest BCUT2D eigenvalue weighted by molar-refractivity contribution is -0.130. The first-order valence-corrected chi connectivity index (χ1v) is 5.76. The molecule has 2 aliphatic rings. The number of nitrogens with zero attached hydrogens (tertiary/aromatic N) is 1. The maximum Gasteiger partial charge on any atom is 0.246 e. The molecule has 0 aromatic rings. The van der Waals surface area contributed by atoms with E-state index in [0.717, 1.165) is 12.5 Å². The van der Waals surface area contributed by atoms with E-state index in [-0.39, 0.29) is 5.91 Å². The van der Waals surface area contributed by atoms with Gasteiger partial charge in [0.25, 0.3) is 0 Å². The highest BCUT2D eigenvalue weighted by Gasteiger charge is 2.36. The first kappa shape index (κ1) is 9.75. The SMILES string of the molecule is CC=CC(=O)N1CCCC2CCCC21. The molecule has 2 nitrogen and oxygen atoms in total. The fraction of sp³-hybridized carbons (Fsp3) is 0.750. The van der Waals surface area contributed by atoms with E-state index in [1.165, 1.54) is 32.1 Å². The third kappa shape index (κ3) is 1.70. The van der Waals surface area contributed by atoms with Gasteiger partial charge in [0.15, 0.2) is 0 Å². The van der Waals surface area contributed by atoms with Crippen molar-refractivity contribution in [2.75, 3.05) is 6.54 Å². The molecular weight excluding hydrogens is 174 g/mol. The molecule has 14 heavy (non-hydrogen) atoms. The number of carbonyl (C=O) groups is 1. The van der Waals surface area contributed by atoms with Crippen LogP contribution >= 0.6 is 0 Å². The molecule has 1 heterocycles. The van der Waals surface area contributed by atoms with Crippen LogP contribution in [0.15, 0.2) is 12.2 Å². The van der Waals surface area contributed by atoms with Gasteiger partial charge in [0.2, 0.25) is 5.91 Å². The van der Waals surface area contributed by atoms with Gasteiger partial charge < -0.3 is 4.90 Å². The van der Waals surface area contributed by atoms with Crippen LogP contribution in [0.4, 0.5) is 0 Å². The molecule has 2 atom stereocenters. The van der Waals surface area contributed by atoms with Gasteiger partial charge in [0.05, 0.1) is 0 Å². The molecule has 0 N–H and O–H groups in total. The van der Waals surface area contributed by atoms with Crippen LogP contribution in [-0.2, 0) is 4.79 Å². The first-order valence-electron chi connectivity index (χ1n) is 5.76. The summed E-state index contributed by atoms with van der Waals surface area (Å²) in [5, 5.41) is 0. The van der Waals surface area contributed by atoms with E-state index in [4.69, 9.17) is 0 Å². The molecule has 2 unspecified atom stereocenters. The van der Waals surface area contributed by atoms with Crippen molar-refractivity contribution in [2.45, 2.75) is 45.1 Å². The van der Waals surface area contributed by atoms with Gasteiger partial charge in [0, 0.05) is 12.6 Å². The number of fused-ring (bicyclic) bond motifs is 1. The molecule has 0 radical (unpaired) electrons. The van der Waals surface area contributed by atoms with Crippen molar-refractivity contribution in [1.82, 2.24) is 4.90 Å². The molecule has 78 valence electrons. The fourth-order valence-corrected chi connectivity index (χ4v) is 2.97. The second-order valence-corrected chi connectivity index (χ2v) is 4.43. The summed E-state index contributed by atoms with van der Waals surface area (Å²) < 4.78 is 0. The topological polar surface area (TPSA) is 20.3 Å². The molecule has 1 aliphatic carbocycles. The third-order valence-electron chi connectivity index (χ3n) is 3.59. The minimum absolute atomic E-state index is 0.226. The number of hydrogen-bond acceptors (Lipinski definition) is 1. The van der Waals surface area contributed by atoms with Crippen LogP contribution < -0.4 is 0 Å². The van der Waals surface area contributed by atoms with Gasteiger partial charge in [-0.2, -0.15) is 0 Å². The number of amides is 1. The van der Waals surface area contributed by atoms with Crippen LogP contribution in [0.25, 0.3) is 0 Å². The highest BCUT2D eigenvalue weighted by atomic mass is 16.2. The van der Waals surface area contributed by atoms with Crippen molar-refractivity contribution in [3.05, 3.63) is 12.2 Å². The van der Waals surface area contributed by atoms with Gasteiger partial charge >= 0.3 is 0 Å². The quantitative estimate of drug-likeness (QED) is 0.585. The Bertz CT molecular complexity index is 247. The van der Waals surface area contributed by atoms with Crippen molar-refractivity contribution < 1.29 is 4.79 Å². The normalized spacial score (nSPS) is 32.2. The maximum absolute atomic E-state index is 11.8. The van der Waals surface area contributed by atoms with Gasteiger partial charge in [-0.3, -0.25) is 4.79 Å². The zero-order valence-electron chi connectivity index (χ0n) is 8.91. The van der Waals surface area contributed by atoms with E-state index in [2.05, 4.69) is 4.90 Å². The zero-order valence-corrected chi connectivity index (χ0v) is 8.91. The first-order chi connectivity index (χ1) is 6.83. The van der Waals surface area contributed by atoms with E-state index >= 15 is 0 Å². The standard InChI is InChI=1S/C12H19NO/c1-2-5-12(14)13-9-4-7-10-6-3-8-11(10)13/h2,5,10-11H,3-4,6-9H2,1H3. The van der Waals surface area contributed by atoms with Gasteiger partial charge in [-0.15, -0.1) is 0 Å². The largest absolute Gasteiger partial charge is 0.336 e. The lowest BCUT2D eigenvalue weighted by atomic mass is 9.92. The third-order valence-corrected chi connectivity index (χ3v) is 3.59. The van der Waals surface area contributed by atoms with Crippen LogP contribution in [0, 0.1) is 5.92 Å². The average molecular weight is 193 g/mol. The summed E-state index contributed by atoms with van der Waals surface area (Å²) in [7, 11) is 0. The average Bonchev–Trinajstić information content (AvgIpc) is 2.65. The lowest BCUT2D eigenvalue weighted by Gasteiger charge is -2.37. The van der Waals surface area contributed by atoms with Crippen molar-refractivity contribution in [3.63, 3.8) is 0 Å². The zero-order chi connectivity index (χ0) is 9.97. The number of likely N-dealkylation sites (tertiary alicyclic amines) is 1. The molecule has 1 saturated heterocycles. The highest BCUT2D eigenvalue weighted by Crippen LogP contribution is 2.36.